The number of aromatic nitrogens is 2. The number of carbonyl (C=O) groups is 1. The van der Waals surface area contributed by atoms with E-state index in [0.29, 0.717) is 38.3 Å². The van der Waals surface area contributed by atoms with Crippen LogP contribution in [0.4, 0.5) is 0 Å². The van der Waals surface area contributed by atoms with Crippen molar-refractivity contribution >= 4 is 21.6 Å². The lowest BCUT2D eigenvalue weighted by atomic mass is 10.2. The number of morpholine rings is 1. The van der Waals surface area contributed by atoms with Crippen molar-refractivity contribution in [3.05, 3.63) is 66.1 Å². The molecule has 0 spiro atoms. The van der Waals surface area contributed by atoms with Crippen molar-refractivity contribution in [3.8, 4) is 0 Å². The van der Waals surface area contributed by atoms with Gasteiger partial charge in [0.05, 0.1) is 29.2 Å². The third-order valence-electron chi connectivity index (χ3n) is 5.78. The van der Waals surface area contributed by atoms with Gasteiger partial charge in [-0.2, -0.15) is 4.31 Å². The summed E-state index contributed by atoms with van der Waals surface area (Å²) >= 11 is 0. The van der Waals surface area contributed by atoms with E-state index in [9.17, 15) is 13.2 Å². The fraction of sp³-hybridized carbons (Fsp3) is 0.333. The van der Waals surface area contributed by atoms with Crippen LogP contribution in [0.5, 0.6) is 0 Å². The first-order valence-corrected chi connectivity index (χ1v) is 11.6. The Labute approximate surface area is 180 Å². The molecule has 0 radical (unpaired) electrons. The summed E-state index contributed by atoms with van der Waals surface area (Å²) in [5.41, 5.74) is 2.11. The van der Waals surface area contributed by atoms with Crippen LogP contribution in [0.25, 0.3) is 5.65 Å². The highest BCUT2D eigenvalue weighted by Crippen LogP contribution is 2.25. The van der Waals surface area contributed by atoms with Crippen molar-refractivity contribution in [2.24, 2.45) is 0 Å². The number of fused-ring (bicyclic) bond motifs is 2. The number of benzene rings is 1. The molecule has 0 saturated carbocycles. The Bertz CT molecular complexity index is 1210. The minimum Gasteiger partial charge on any atom is -0.374 e. The SMILES string of the molecule is O=C(NCc1ccc(S(=O)(=O)N2CCOC3CNCC32)cc1)c1ccc2nccn2c1. The van der Waals surface area contributed by atoms with Gasteiger partial charge in [-0.15, -0.1) is 0 Å². The summed E-state index contributed by atoms with van der Waals surface area (Å²) in [5, 5.41) is 6.07. The normalized spacial score (nSPS) is 21.8. The summed E-state index contributed by atoms with van der Waals surface area (Å²) in [6.07, 6.45) is 5.08. The van der Waals surface area contributed by atoms with Crippen LogP contribution in [0.15, 0.2) is 59.9 Å². The molecule has 1 aromatic carbocycles. The highest BCUT2D eigenvalue weighted by molar-refractivity contribution is 7.89. The highest BCUT2D eigenvalue weighted by atomic mass is 32.2. The molecule has 2 fully saturated rings. The maximum Gasteiger partial charge on any atom is 0.253 e. The second kappa shape index (κ2) is 8.04. The molecule has 2 saturated heterocycles. The van der Waals surface area contributed by atoms with Gasteiger partial charge in [-0.05, 0) is 29.8 Å². The molecule has 162 valence electrons. The maximum atomic E-state index is 13.1. The number of nitrogens with zero attached hydrogens (tertiary/aromatic N) is 3. The van der Waals surface area contributed by atoms with Gasteiger partial charge in [-0.1, -0.05) is 12.1 Å². The van der Waals surface area contributed by atoms with Crippen molar-refractivity contribution < 1.29 is 17.9 Å². The van der Waals surface area contributed by atoms with Gasteiger partial charge >= 0.3 is 0 Å². The topological polar surface area (TPSA) is 105 Å². The summed E-state index contributed by atoms with van der Waals surface area (Å²) in [7, 11) is -3.61. The van der Waals surface area contributed by atoms with Gasteiger partial charge in [0.25, 0.3) is 5.91 Å². The first-order valence-electron chi connectivity index (χ1n) is 10.2. The second-order valence-electron chi connectivity index (χ2n) is 7.69. The van der Waals surface area contributed by atoms with Crippen LogP contribution in [0.1, 0.15) is 15.9 Å². The summed E-state index contributed by atoms with van der Waals surface area (Å²) in [6.45, 7) is 2.32. The molecule has 10 heteroatoms. The number of hydrogen-bond acceptors (Lipinski definition) is 6. The van der Waals surface area contributed by atoms with Crippen LogP contribution in [0, 0.1) is 0 Å². The summed E-state index contributed by atoms with van der Waals surface area (Å²) in [4.78, 5) is 16.9. The quantitative estimate of drug-likeness (QED) is 0.602. The van der Waals surface area contributed by atoms with Gasteiger partial charge in [0.2, 0.25) is 10.0 Å². The summed E-state index contributed by atoms with van der Waals surface area (Å²) < 4.78 is 35.3. The molecule has 2 atom stereocenters. The maximum absolute atomic E-state index is 13.1. The third-order valence-corrected chi connectivity index (χ3v) is 7.71. The van der Waals surface area contributed by atoms with E-state index < -0.39 is 10.0 Å². The zero-order chi connectivity index (χ0) is 21.4. The molecule has 9 nitrogen and oxygen atoms in total. The molecule has 0 aliphatic carbocycles. The van der Waals surface area contributed by atoms with E-state index in [2.05, 4.69) is 15.6 Å². The molecule has 2 unspecified atom stereocenters. The zero-order valence-electron chi connectivity index (χ0n) is 16.8. The van der Waals surface area contributed by atoms with Gasteiger partial charge in [-0.25, -0.2) is 13.4 Å². The molecular formula is C21H23N5O4S. The molecule has 31 heavy (non-hydrogen) atoms. The third kappa shape index (κ3) is 3.83. The first-order chi connectivity index (χ1) is 15.0. The van der Waals surface area contributed by atoms with Crippen LogP contribution in [-0.2, 0) is 21.3 Å². The minimum absolute atomic E-state index is 0.0976. The van der Waals surface area contributed by atoms with E-state index in [4.69, 9.17) is 4.74 Å². The first kappa shape index (κ1) is 20.1. The number of carbonyl (C=O) groups excluding carboxylic acids is 1. The largest absolute Gasteiger partial charge is 0.374 e. The summed E-state index contributed by atoms with van der Waals surface area (Å²) in [5.74, 6) is -0.208. The predicted octanol–water partition coefficient (Wildman–Crippen LogP) is 0.626. The van der Waals surface area contributed by atoms with Crippen molar-refractivity contribution in [2.75, 3.05) is 26.2 Å². The van der Waals surface area contributed by atoms with Gasteiger partial charge in [-0.3, -0.25) is 4.79 Å². The zero-order valence-corrected chi connectivity index (χ0v) is 17.6. The Morgan fingerprint density at radius 1 is 1.19 bits per heavy atom. The van der Waals surface area contributed by atoms with Crippen LogP contribution in [0.3, 0.4) is 0 Å². The van der Waals surface area contributed by atoms with Crippen molar-refractivity contribution in [2.45, 2.75) is 23.6 Å². The smallest absolute Gasteiger partial charge is 0.253 e. The molecule has 2 aromatic heterocycles. The molecule has 1 amide bonds. The second-order valence-corrected chi connectivity index (χ2v) is 9.58. The van der Waals surface area contributed by atoms with Crippen LogP contribution in [0.2, 0.25) is 0 Å². The van der Waals surface area contributed by atoms with E-state index in [-0.39, 0.29) is 22.9 Å². The molecule has 0 bridgehead atoms. The number of nitrogens with one attached hydrogen (secondary N) is 2. The molecule has 2 N–H and O–H groups in total. The molecule has 3 aromatic rings. The lowest BCUT2D eigenvalue weighted by molar-refractivity contribution is -0.0149. The van der Waals surface area contributed by atoms with Crippen LogP contribution < -0.4 is 10.6 Å². The van der Waals surface area contributed by atoms with Crippen LogP contribution >= 0.6 is 0 Å². The van der Waals surface area contributed by atoms with E-state index in [1.807, 2.05) is 0 Å². The molecule has 4 heterocycles. The number of sulfonamides is 1. The predicted molar refractivity (Wildman–Crippen MR) is 113 cm³/mol. The van der Waals surface area contributed by atoms with E-state index >= 15 is 0 Å². The summed E-state index contributed by atoms with van der Waals surface area (Å²) in [6, 6.07) is 9.99. The van der Waals surface area contributed by atoms with Gasteiger partial charge in [0.1, 0.15) is 5.65 Å². The minimum atomic E-state index is -3.61. The Balaban J connectivity index is 1.25. The average Bonchev–Trinajstić information content (AvgIpc) is 3.46. The standard InChI is InChI=1S/C21H23N5O4S/c27-21(16-3-6-20-23-7-8-25(20)14-16)24-11-15-1-4-17(5-2-15)31(28,29)26-9-10-30-19-13-22-12-18(19)26/h1-8,14,18-19,22H,9-13H2,(H,24,27). The van der Waals surface area contributed by atoms with Gasteiger partial charge in [0.15, 0.2) is 0 Å². The van der Waals surface area contributed by atoms with Crippen molar-refractivity contribution in [1.29, 1.82) is 0 Å². The van der Waals surface area contributed by atoms with E-state index in [1.54, 1.807) is 63.7 Å². The Morgan fingerprint density at radius 2 is 2.03 bits per heavy atom. The monoisotopic (exact) mass is 441 g/mol. The van der Waals surface area contributed by atoms with Crippen LogP contribution in [-0.4, -0.2) is 66.4 Å². The van der Waals surface area contributed by atoms with Crippen molar-refractivity contribution in [1.82, 2.24) is 24.3 Å². The number of ether oxygens (including phenoxy) is 1. The highest BCUT2D eigenvalue weighted by Gasteiger charge is 2.42. The Hall–Kier alpha value is -2.79. The number of rotatable bonds is 5. The van der Waals surface area contributed by atoms with E-state index in [0.717, 1.165) is 11.2 Å². The lowest BCUT2D eigenvalue weighted by Crippen LogP contribution is -2.53. The molecule has 2 aliphatic rings. The van der Waals surface area contributed by atoms with Crippen molar-refractivity contribution in [3.63, 3.8) is 0 Å². The molecular weight excluding hydrogens is 418 g/mol. The average molecular weight is 442 g/mol. The number of pyridine rings is 1. The van der Waals surface area contributed by atoms with E-state index in [1.165, 1.54) is 0 Å². The number of hydrogen-bond donors (Lipinski definition) is 2. The molecule has 5 rings (SSSR count). The number of amides is 1. The Kier molecular flexibility index (Phi) is 5.22. The number of imidazole rings is 1. The lowest BCUT2D eigenvalue weighted by Gasteiger charge is -2.35. The molecule has 2 aliphatic heterocycles. The van der Waals surface area contributed by atoms with Gasteiger partial charge in [0, 0.05) is 44.8 Å². The Morgan fingerprint density at radius 3 is 2.87 bits per heavy atom. The van der Waals surface area contributed by atoms with Gasteiger partial charge < -0.3 is 19.8 Å². The fourth-order valence-electron chi connectivity index (χ4n) is 4.11. The fourth-order valence-corrected chi connectivity index (χ4v) is 5.74.